The summed E-state index contributed by atoms with van der Waals surface area (Å²) in [5.74, 6) is 0.710. The maximum Gasteiger partial charge on any atom is 0.137 e. The molecule has 3 rings (SSSR count). The lowest BCUT2D eigenvalue weighted by molar-refractivity contribution is 0.619. The van der Waals surface area contributed by atoms with Crippen LogP contribution in [0.25, 0.3) is 0 Å². The first-order valence-corrected chi connectivity index (χ1v) is 7.69. The van der Waals surface area contributed by atoms with Gasteiger partial charge in [-0.05, 0) is 51.3 Å². The highest BCUT2D eigenvalue weighted by Crippen LogP contribution is 2.18. The van der Waals surface area contributed by atoms with Crippen LogP contribution in [0.4, 0.5) is 10.1 Å². The van der Waals surface area contributed by atoms with Gasteiger partial charge >= 0.3 is 0 Å². The van der Waals surface area contributed by atoms with Gasteiger partial charge in [0.15, 0.2) is 0 Å². The molecule has 0 fully saturated rings. The smallest absolute Gasteiger partial charge is 0.137 e. The van der Waals surface area contributed by atoms with E-state index < -0.39 is 0 Å². The summed E-state index contributed by atoms with van der Waals surface area (Å²) in [6.07, 6.45) is 4.45. The van der Waals surface area contributed by atoms with Crippen molar-refractivity contribution < 1.29 is 4.39 Å². The molecule has 0 spiro atoms. The standard InChI is InChI=1S/C17H15BrFN3/c18-15-9-13(3-6-16(15)19)11-22-8-7-21-17(22)10-12-1-4-14(20)5-2-12/h1-9H,10-11,20H2. The summed E-state index contributed by atoms with van der Waals surface area (Å²) in [5, 5.41) is 0. The summed E-state index contributed by atoms with van der Waals surface area (Å²) in [6, 6.07) is 12.8. The van der Waals surface area contributed by atoms with E-state index in [0.29, 0.717) is 11.0 Å². The Balaban J connectivity index is 1.79. The molecular weight excluding hydrogens is 345 g/mol. The summed E-state index contributed by atoms with van der Waals surface area (Å²) < 4.78 is 15.8. The Morgan fingerprint density at radius 1 is 1.09 bits per heavy atom. The molecule has 0 atom stereocenters. The fraction of sp³-hybridized carbons (Fsp3) is 0.118. The van der Waals surface area contributed by atoms with E-state index in [4.69, 9.17) is 5.73 Å². The second-order valence-electron chi connectivity index (χ2n) is 5.14. The highest BCUT2D eigenvalue weighted by atomic mass is 79.9. The van der Waals surface area contributed by atoms with Crippen molar-refractivity contribution in [1.29, 1.82) is 0 Å². The third-order valence-electron chi connectivity index (χ3n) is 3.48. The Bertz CT molecular complexity index is 781. The first-order valence-electron chi connectivity index (χ1n) is 6.90. The summed E-state index contributed by atoms with van der Waals surface area (Å²) in [6.45, 7) is 0.656. The third kappa shape index (κ3) is 3.36. The van der Waals surface area contributed by atoms with Crippen molar-refractivity contribution in [3.05, 3.63) is 82.1 Å². The Kier molecular flexibility index (Phi) is 4.24. The zero-order valence-electron chi connectivity index (χ0n) is 11.8. The second-order valence-corrected chi connectivity index (χ2v) is 5.99. The summed E-state index contributed by atoms with van der Waals surface area (Å²) in [5.41, 5.74) is 8.63. The Morgan fingerprint density at radius 3 is 2.55 bits per heavy atom. The van der Waals surface area contributed by atoms with Gasteiger partial charge in [0, 0.05) is 31.0 Å². The van der Waals surface area contributed by atoms with Gasteiger partial charge in [0.05, 0.1) is 4.47 Å². The highest BCUT2D eigenvalue weighted by Gasteiger charge is 2.07. The molecule has 112 valence electrons. The second kappa shape index (κ2) is 6.32. The fourth-order valence-electron chi connectivity index (χ4n) is 2.30. The van der Waals surface area contributed by atoms with E-state index in [1.807, 2.05) is 30.5 Å². The molecule has 0 aliphatic heterocycles. The number of hydrogen-bond acceptors (Lipinski definition) is 2. The van der Waals surface area contributed by atoms with E-state index in [2.05, 4.69) is 25.5 Å². The van der Waals surface area contributed by atoms with Crippen molar-refractivity contribution in [2.75, 3.05) is 5.73 Å². The molecule has 0 bridgehead atoms. The molecule has 0 radical (unpaired) electrons. The summed E-state index contributed by atoms with van der Waals surface area (Å²) in [7, 11) is 0. The van der Waals surface area contributed by atoms with Crippen molar-refractivity contribution in [2.24, 2.45) is 0 Å². The lowest BCUT2D eigenvalue weighted by Gasteiger charge is -2.09. The average Bonchev–Trinajstić information content (AvgIpc) is 2.92. The molecule has 5 heteroatoms. The number of aromatic nitrogens is 2. The maximum atomic E-state index is 13.3. The zero-order chi connectivity index (χ0) is 15.5. The van der Waals surface area contributed by atoms with Crippen molar-refractivity contribution in [2.45, 2.75) is 13.0 Å². The number of benzene rings is 2. The molecule has 0 saturated carbocycles. The summed E-state index contributed by atoms with van der Waals surface area (Å²) >= 11 is 3.22. The van der Waals surface area contributed by atoms with Gasteiger partial charge < -0.3 is 10.3 Å². The van der Waals surface area contributed by atoms with Crippen LogP contribution in [0.3, 0.4) is 0 Å². The van der Waals surface area contributed by atoms with Crippen LogP contribution < -0.4 is 5.73 Å². The molecule has 0 aliphatic carbocycles. The van der Waals surface area contributed by atoms with Crippen LogP contribution in [0.1, 0.15) is 17.0 Å². The van der Waals surface area contributed by atoms with Crippen molar-refractivity contribution >= 4 is 21.6 Å². The third-order valence-corrected chi connectivity index (χ3v) is 4.09. The predicted molar refractivity (Wildman–Crippen MR) is 89.1 cm³/mol. The molecule has 1 aromatic heterocycles. The van der Waals surface area contributed by atoms with Crippen LogP contribution in [0.15, 0.2) is 59.3 Å². The molecule has 3 nitrogen and oxygen atoms in total. The van der Waals surface area contributed by atoms with E-state index in [0.717, 1.165) is 29.1 Å². The average molecular weight is 360 g/mol. The van der Waals surface area contributed by atoms with Gasteiger partial charge in [0.1, 0.15) is 11.6 Å². The fourth-order valence-corrected chi connectivity index (χ4v) is 2.73. The van der Waals surface area contributed by atoms with Crippen LogP contribution in [-0.4, -0.2) is 9.55 Å². The van der Waals surface area contributed by atoms with Crippen LogP contribution in [0, 0.1) is 5.82 Å². The normalized spacial score (nSPS) is 10.8. The lowest BCUT2D eigenvalue weighted by atomic mass is 10.1. The van der Waals surface area contributed by atoms with Crippen molar-refractivity contribution in [1.82, 2.24) is 9.55 Å². The first-order chi connectivity index (χ1) is 10.6. The van der Waals surface area contributed by atoms with E-state index in [1.165, 1.54) is 6.07 Å². The molecule has 0 unspecified atom stereocenters. The van der Waals surface area contributed by atoms with Gasteiger partial charge in [-0.1, -0.05) is 18.2 Å². The summed E-state index contributed by atoms with van der Waals surface area (Å²) in [4.78, 5) is 4.42. The number of imidazole rings is 1. The number of halogens is 2. The van der Waals surface area contributed by atoms with E-state index in [1.54, 1.807) is 18.3 Å². The molecule has 3 aromatic rings. The van der Waals surface area contributed by atoms with E-state index >= 15 is 0 Å². The number of anilines is 1. The van der Waals surface area contributed by atoms with Crippen LogP contribution in [-0.2, 0) is 13.0 Å². The Labute approximate surface area is 136 Å². The number of rotatable bonds is 4. The largest absolute Gasteiger partial charge is 0.399 e. The van der Waals surface area contributed by atoms with Crippen molar-refractivity contribution in [3.8, 4) is 0 Å². The monoisotopic (exact) mass is 359 g/mol. The molecule has 1 heterocycles. The number of hydrogen-bond donors (Lipinski definition) is 1. The number of nitrogens with zero attached hydrogens (tertiary/aromatic N) is 2. The topological polar surface area (TPSA) is 43.8 Å². The van der Waals surface area contributed by atoms with Gasteiger partial charge in [-0.2, -0.15) is 0 Å². The van der Waals surface area contributed by atoms with Gasteiger partial charge in [-0.25, -0.2) is 9.37 Å². The van der Waals surface area contributed by atoms with Crippen LogP contribution >= 0.6 is 15.9 Å². The molecule has 0 amide bonds. The van der Waals surface area contributed by atoms with Gasteiger partial charge in [-0.15, -0.1) is 0 Å². The van der Waals surface area contributed by atoms with Crippen molar-refractivity contribution in [3.63, 3.8) is 0 Å². The first kappa shape index (κ1) is 14.8. The van der Waals surface area contributed by atoms with Gasteiger partial charge in [0.2, 0.25) is 0 Å². The lowest BCUT2D eigenvalue weighted by Crippen LogP contribution is -2.05. The zero-order valence-corrected chi connectivity index (χ0v) is 13.4. The molecule has 0 saturated heterocycles. The van der Waals surface area contributed by atoms with E-state index in [-0.39, 0.29) is 5.82 Å². The molecule has 2 N–H and O–H groups in total. The van der Waals surface area contributed by atoms with Gasteiger partial charge in [-0.3, -0.25) is 0 Å². The molecule has 2 aromatic carbocycles. The number of nitrogens with two attached hydrogens (primary N) is 1. The van der Waals surface area contributed by atoms with E-state index in [9.17, 15) is 4.39 Å². The molecule has 22 heavy (non-hydrogen) atoms. The maximum absolute atomic E-state index is 13.3. The SMILES string of the molecule is Nc1ccc(Cc2nccn2Cc2ccc(F)c(Br)c2)cc1. The van der Waals surface area contributed by atoms with Gasteiger partial charge in [0.25, 0.3) is 0 Å². The minimum Gasteiger partial charge on any atom is -0.399 e. The predicted octanol–water partition coefficient (Wildman–Crippen LogP) is 4.01. The quantitative estimate of drug-likeness (QED) is 0.715. The minimum absolute atomic E-state index is 0.253. The number of nitrogen functional groups attached to an aromatic ring is 1. The van der Waals surface area contributed by atoms with Crippen LogP contribution in [0.2, 0.25) is 0 Å². The Hall–Kier alpha value is -2.14. The van der Waals surface area contributed by atoms with Crippen LogP contribution in [0.5, 0.6) is 0 Å². The molecular formula is C17H15BrFN3. The Morgan fingerprint density at radius 2 is 1.82 bits per heavy atom. The minimum atomic E-state index is -0.253. The molecule has 0 aliphatic rings. The highest BCUT2D eigenvalue weighted by molar-refractivity contribution is 9.10.